The topological polar surface area (TPSA) is 148 Å². The first kappa shape index (κ1) is 19.1. The zero-order chi connectivity index (χ0) is 26.7. The van der Waals surface area contributed by atoms with Gasteiger partial charge in [0.1, 0.15) is 5.69 Å². The van der Waals surface area contributed by atoms with Gasteiger partial charge in [0.25, 0.3) is 5.91 Å². The first-order chi connectivity index (χ1) is 17.6. The van der Waals surface area contributed by atoms with Crippen molar-refractivity contribution in [2.75, 3.05) is 24.7 Å². The van der Waals surface area contributed by atoms with E-state index in [1.54, 1.807) is 30.3 Å². The third-order valence-electron chi connectivity index (χ3n) is 5.11. The van der Waals surface area contributed by atoms with Gasteiger partial charge in [-0.1, -0.05) is 6.07 Å². The molecule has 2 heterocycles. The van der Waals surface area contributed by atoms with Crippen molar-refractivity contribution in [2.24, 2.45) is 5.92 Å². The Balaban J connectivity index is 1.72. The van der Waals surface area contributed by atoms with Crippen LogP contribution in [0.4, 0.5) is 17.2 Å². The Morgan fingerprint density at radius 1 is 1.06 bits per heavy atom. The van der Waals surface area contributed by atoms with Gasteiger partial charge in [0.05, 0.1) is 24.2 Å². The number of nitrogens with zero attached hydrogens (tertiary/aromatic N) is 4. The molecule has 1 fully saturated rings. The van der Waals surface area contributed by atoms with Crippen molar-refractivity contribution in [3.63, 3.8) is 0 Å². The largest absolute Gasteiger partial charge is 0.494 e. The predicted molar refractivity (Wildman–Crippen MR) is 124 cm³/mol. The number of hydrogen-bond acceptors (Lipinski definition) is 9. The van der Waals surface area contributed by atoms with Crippen molar-refractivity contribution in [2.45, 2.75) is 19.8 Å². The number of benzene rings is 1. The van der Waals surface area contributed by atoms with Crippen LogP contribution >= 0.6 is 0 Å². The molecule has 0 unspecified atom stereocenters. The second-order valence-electron chi connectivity index (χ2n) is 7.58. The van der Waals surface area contributed by atoms with Crippen molar-refractivity contribution in [1.29, 1.82) is 0 Å². The molecule has 11 heteroatoms. The fourth-order valence-electron chi connectivity index (χ4n) is 3.21. The summed E-state index contributed by atoms with van der Waals surface area (Å²) in [6.45, 7) is -1.37. The van der Waals surface area contributed by atoms with E-state index in [9.17, 15) is 14.4 Å². The van der Waals surface area contributed by atoms with Gasteiger partial charge in [-0.15, -0.1) is 20.4 Å². The van der Waals surface area contributed by atoms with Gasteiger partial charge < -0.3 is 20.7 Å². The summed E-state index contributed by atoms with van der Waals surface area (Å²) in [5.74, 6) is -1.10. The molecule has 2 aromatic heterocycles. The van der Waals surface area contributed by atoms with Crippen LogP contribution in [0.1, 0.15) is 44.9 Å². The van der Waals surface area contributed by atoms with Crippen LogP contribution in [0.2, 0.25) is 0 Å². The number of ketones is 1. The lowest BCUT2D eigenvalue weighted by Crippen LogP contribution is -2.22. The predicted octanol–water partition coefficient (Wildman–Crippen LogP) is 2.60. The van der Waals surface area contributed by atoms with E-state index in [0.29, 0.717) is 22.7 Å². The first-order valence-corrected chi connectivity index (χ1v) is 10.4. The number of carbonyl (C=O) groups excluding carboxylic acids is 3. The number of rotatable bonds is 8. The number of aromatic nitrogens is 4. The van der Waals surface area contributed by atoms with Crippen LogP contribution in [0, 0.1) is 5.92 Å². The molecular formula is C23H23N7O4. The van der Waals surface area contributed by atoms with E-state index in [2.05, 4.69) is 31.0 Å². The molecule has 3 aromatic rings. The van der Waals surface area contributed by atoms with Crippen molar-refractivity contribution in [1.82, 2.24) is 25.7 Å². The molecular weight excluding hydrogens is 438 g/mol. The maximum atomic E-state index is 12.7. The Kier molecular flexibility index (Phi) is 5.40. The highest BCUT2D eigenvalue weighted by atomic mass is 16.5. The van der Waals surface area contributed by atoms with Crippen LogP contribution in [0.5, 0.6) is 5.75 Å². The number of ether oxygens (including phenoxy) is 1. The van der Waals surface area contributed by atoms with E-state index in [4.69, 9.17) is 8.85 Å². The zero-order valence-electron chi connectivity index (χ0n) is 21.4. The smallest absolute Gasteiger partial charge is 0.273 e. The second kappa shape index (κ2) is 9.61. The van der Waals surface area contributed by atoms with E-state index < -0.39 is 12.9 Å². The molecule has 1 saturated carbocycles. The van der Waals surface area contributed by atoms with Crippen molar-refractivity contribution >= 4 is 34.8 Å². The van der Waals surface area contributed by atoms with Crippen molar-refractivity contribution < 1.29 is 23.2 Å². The van der Waals surface area contributed by atoms with Gasteiger partial charge in [0, 0.05) is 35.6 Å². The lowest BCUT2D eigenvalue weighted by Gasteiger charge is -2.16. The molecule has 0 aliphatic heterocycles. The molecule has 1 aliphatic carbocycles. The van der Waals surface area contributed by atoms with Gasteiger partial charge in [-0.3, -0.25) is 14.4 Å². The monoisotopic (exact) mass is 464 g/mol. The van der Waals surface area contributed by atoms with Crippen LogP contribution in [0.3, 0.4) is 0 Å². The maximum absolute atomic E-state index is 12.7. The van der Waals surface area contributed by atoms with Crippen LogP contribution in [-0.2, 0) is 4.79 Å². The first-order valence-electron chi connectivity index (χ1n) is 11.9. The lowest BCUT2D eigenvalue weighted by molar-refractivity contribution is -0.117. The highest BCUT2D eigenvalue weighted by molar-refractivity contribution is 6.00. The highest BCUT2D eigenvalue weighted by Crippen LogP contribution is 2.37. The molecule has 1 aromatic carbocycles. The quantitative estimate of drug-likeness (QED) is 0.428. The Labute approximate surface area is 199 Å². The van der Waals surface area contributed by atoms with E-state index in [1.165, 1.54) is 20.1 Å². The fraction of sp³-hybridized carbons (Fsp3) is 0.261. The summed E-state index contributed by atoms with van der Waals surface area (Å²) in [6.07, 6.45) is 1.56. The second-order valence-corrected chi connectivity index (χ2v) is 7.58. The average molecular weight is 465 g/mol. The van der Waals surface area contributed by atoms with E-state index >= 15 is 0 Å². The van der Waals surface area contributed by atoms with Crippen LogP contribution < -0.4 is 20.7 Å². The van der Waals surface area contributed by atoms with E-state index in [1.807, 2.05) is 5.32 Å². The number of carbonyl (C=O) groups is 3. The van der Waals surface area contributed by atoms with Crippen molar-refractivity contribution in [3.8, 4) is 17.0 Å². The normalized spacial score (nSPS) is 14.2. The Hall–Kier alpha value is -4.41. The number of nitrogens with one attached hydrogen (secondary N) is 3. The van der Waals surface area contributed by atoms with Gasteiger partial charge in [-0.25, -0.2) is 0 Å². The van der Waals surface area contributed by atoms with E-state index in [-0.39, 0.29) is 40.5 Å². The minimum absolute atomic E-state index is 0.0799. The highest BCUT2D eigenvalue weighted by Gasteiger charge is 2.30. The molecule has 0 radical (unpaired) electrons. The van der Waals surface area contributed by atoms with Gasteiger partial charge in [-0.05, 0) is 37.1 Å². The van der Waals surface area contributed by atoms with Crippen molar-refractivity contribution in [3.05, 3.63) is 47.8 Å². The van der Waals surface area contributed by atoms with E-state index in [0.717, 1.165) is 12.8 Å². The molecule has 0 atom stereocenters. The number of methoxy groups -OCH3 is 1. The summed E-state index contributed by atoms with van der Waals surface area (Å²) in [6, 6.07) is 9.65. The molecule has 11 nitrogen and oxygen atoms in total. The molecule has 3 N–H and O–H groups in total. The maximum Gasteiger partial charge on any atom is 0.273 e. The minimum atomic E-state index is -2.75. The zero-order valence-corrected chi connectivity index (χ0v) is 18.4. The number of anilines is 3. The summed E-state index contributed by atoms with van der Waals surface area (Å²) in [4.78, 5) is 36.4. The summed E-state index contributed by atoms with van der Waals surface area (Å²) < 4.78 is 27.6. The Morgan fingerprint density at radius 3 is 2.53 bits per heavy atom. The Bertz CT molecular complexity index is 1360. The molecule has 174 valence electrons. The summed E-state index contributed by atoms with van der Waals surface area (Å²) in [7, 11) is 1.44. The minimum Gasteiger partial charge on any atom is -0.494 e. The lowest BCUT2D eigenvalue weighted by atomic mass is 10.1. The van der Waals surface area contributed by atoms with Gasteiger partial charge in [0.2, 0.25) is 5.91 Å². The third kappa shape index (κ3) is 4.82. The molecule has 2 amide bonds. The SMILES string of the molecule is [2H]C([2H])([2H])NC(=O)c1nnc(NC(=O)C2CC2)cc1Nc1cccc(-c2ccc(C(C)=O)nn2)c1OC. The Morgan fingerprint density at radius 2 is 1.88 bits per heavy atom. The molecule has 4 rings (SSSR count). The van der Waals surface area contributed by atoms with Gasteiger partial charge in [0.15, 0.2) is 23.0 Å². The summed E-state index contributed by atoms with van der Waals surface area (Å²) >= 11 is 0. The fourth-order valence-corrected chi connectivity index (χ4v) is 3.21. The average Bonchev–Trinajstić information content (AvgIpc) is 3.69. The molecule has 0 bridgehead atoms. The molecule has 34 heavy (non-hydrogen) atoms. The van der Waals surface area contributed by atoms with Gasteiger partial charge in [-0.2, -0.15) is 0 Å². The summed E-state index contributed by atoms with van der Waals surface area (Å²) in [5, 5.41) is 23.3. The third-order valence-corrected chi connectivity index (χ3v) is 5.11. The molecule has 0 spiro atoms. The number of para-hydroxylation sites is 1. The van der Waals surface area contributed by atoms with Crippen LogP contribution in [0.25, 0.3) is 11.3 Å². The number of Topliss-reactive ketones (excluding diaryl/α,β-unsaturated/α-hetero) is 1. The van der Waals surface area contributed by atoms with Crippen LogP contribution in [-0.4, -0.2) is 52.1 Å². The molecule has 1 aliphatic rings. The number of hydrogen-bond donors (Lipinski definition) is 3. The van der Waals surface area contributed by atoms with Gasteiger partial charge >= 0.3 is 0 Å². The van der Waals surface area contributed by atoms with Crippen LogP contribution in [0.15, 0.2) is 36.4 Å². The standard InChI is InChI=1S/C23H23N7O4/c1-12(31)15-9-10-16(28-27-15)14-5-4-6-17(21(14)34-3)25-18-11-19(26-22(32)13-7-8-13)29-30-20(18)23(33)24-2/h4-6,9-11,13H,7-8H2,1-3H3,(H,24,33)(H2,25,26,29,32)/i2D3. The molecule has 0 saturated heterocycles. The summed E-state index contributed by atoms with van der Waals surface area (Å²) in [5.41, 5.74) is 1.33. The number of amides is 2.